The standard InChI is InChI=1S/C20H24N2O4/c1-15(21-19(23)16-7-5-4-6-8-16)20(24)22(2)13-14-26-18-11-9-17(25-3)10-12-18/h4-12,15H,13-14H2,1-3H3,(H,21,23). The van der Waals surface area contributed by atoms with Crippen LogP contribution < -0.4 is 14.8 Å². The van der Waals surface area contributed by atoms with E-state index in [1.54, 1.807) is 50.2 Å². The van der Waals surface area contributed by atoms with E-state index in [1.165, 1.54) is 0 Å². The van der Waals surface area contributed by atoms with Gasteiger partial charge in [-0.1, -0.05) is 18.2 Å². The third kappa shape index (κ3) is 5.51. The fraction of sp³-hybridized carbons (Fsp3) is 0.300. The first-order valence-corrected chi connectivity index (χ1v) is 8.39. The van der Waals surface area contributed by atoms with Gasteiger partial charge in [-0.2, -0.15) is 0 Å². The molecule has 0 bridgehead atoms. The minimum absolute atomic E-state index is 0.174. The molecule has 0 heterocycles. The molecule has 0 aliphatic rings. The molecule has 2 aromatic rings. The molecule has 6 heteroatoms. The predicted molar refractivity (Wildman–Crippen MR) is 99.5 cm³/mol. The number of nitrogens with one attached hydrogen (secondary N) is 1. The summed E-state index contributed by atoms with van der Waals surface area (Å²) in [5.41, 5.74) is 0.526. The molecule has 2 rings (SSSR count). The number of likely N-dealkylation sites (N-methyl/N-ethyl adjacent to an activating group) is 1. The summed E-state index contributed by atoms with van der Waals surface area (Å²) in [4.78, 5) is 26.0. The van der Waals surface area contributed by atoms with Gasteiger partial charge in [0.1, 0.15) is 24.1 Å². The monoisotopic (exact) mass is 356 g/mol. The Balaban J connectivity index is 1.77. The molecule has 0 saturated carbocycles. The Morgan fingerprint density at radius 2 is 1.65 bits per heavy atom. The van der Waals surface area contributed by atoms with E-state index in [-0.39, 0.29) is 11.8 Å². The van der Waals surface area contributed by atoms with Crippen LogP contribution in [0.3, 0.4) is 0 Å². The molecule has 0 saturated heterocycles. The lowest BCUT2D eigenvalue weighted by Gasteiger charge is -2.22. The highest BCUT2D eigenvalue weighted by Gasteiger charge is 2.19. The van der Waals surface area contributed by atoms with Crippen LogP contribution in [0.15, 0.2) is 54.6 Å². The largest absolute Gasteiger partial charge is 0.497 e. The van der Waals surface area contributed by atoms with Crippen LogP contribution in [0.1, 0.15) is 17.3 Å². The average molecular weight is 356 g/mol. The predicted octanol–water partition coefficient (Wildman–Crippen LogP) is 2.35. The summed E-state index contributed by atoms with van der Waals surface area (Å²) >= 11 is 0. The summed E-state index contributed by atoms with van der Waals surface area (Å²) < 4.78 is 10.7. The van der Waals surface area contributed by atoms with Gasteiger partial charge in [0.2, 0.25) is 5.91 Å². The Morgan fingerprint density at radius 1 is 1.04 bits per heavy atom. The molecule has 138 valence electrons. The SMILES string of the molecule is COc1ccc(OCCN(C)C(=O)C(C)NC(=O)c2ccccc2)cc1. The van der Waals surface area contributed by atoms with Crippen LogP contribution in [-0.4, -0.2) is 50.1 Å². The van der Waals surface area contributed by atoms with Gasteiger partial charge in [0.05, 0.1) is 13.7 Å². The maximum Gasteiger partial charge on any atom is 0.251 e. The first-order chi connectivity index (χ1) is 12.5. The van der Waals surface area contributed by atoms with E-state index in [0.717, 1.165) is 5.75 Å². The van der Waals surface area contributed by atoms with Gasteiger partial charge >= 0.3 is 0 Å². The number of nitrogens with zero attached hydrogens (tertiary/aromatic N) is 1. The van der Waals surface area contributed by atoms with Crippen molar-refractivity contribution in [1.29, 1.82) is 0 Å². The highest BCUT2D eigenvalue weighted by atomic mass is 16.5. The normalized spacial score (nSPS) is 11.3. The summed E-state index contributed by atoms with van der Waals surface area (Å²) in [7, 11) is 3.29. The number of hydrogen-bond donors (Lipinski definition) is 1. The van der Waals surface area contributed by atoms with Gasteiger partial charge in [-0.25, -0.2) is 0 Å². The topological polar surface area (TPSA) is 67.9 Å². The van der Waals surface area contributed by atoms with Crippen molar-refractivity contribution in [2.24, 2.45) is 0 Å². The van der Waals surface area contributed by atoms with E-state index in [2.05, 4.69) is 5.32 Å². The molecule has 6 nitrogen and oxygen atoms in total. The second kappa shape index (κ2) is 9.46. The lowest BCUT2D eigenvalue weighted by Crippen LogP contribution is -2.46. The molecule has 0 aliphatic heterocycles. The quantitative estimate of drug-likeness (QED) is 0.788. The van der Waals surface area contributed by atoms with E-state index in [4.69, 9.17) is 9.47 Å². The minimum atomic E-state index is -0.617. The Kier molecular flexibility index (Phi) is 7.02. The molecular weight excluding hydrogens is 332 g/mol. The summed E-state index contributed by atoms with van der Waals surface area (Å²) in [5, 5.41) is 2.71. The van der Waals surface area contributed by atoms with Gasteiger partial charge in [0.15, 0.2) is 0 Å². The van der Waals surface area contributed by atoms with Crippen molar-refractivity contribution < 1.29 is 19.1 Å². The molecule has 1 atom stereocenters. The molecule has 2 amide bonds. The third-order valence-corrected chi connectivity index (χ3v) is 3.89. The number of amides is 2. The van der Waals surface area contributed by atoms with Crippen LogP contribution in [0, 0.1) is 0 Å². The van der Waals surface area contributed by atoms with E-state index in [1.807, 2.05) is 30.3 Å². The zero-order chi connectivity index (χ0) is 18.9. The molecule has 0 fully saturated rings. The first kappa shape index (κ1) is 19.3. The van der Waals surface area contributed by atoms with Crippen LogP contribution >= 0.6 is 0 Å². The van der Waals surface area contributed by atoms with Crippen molar-refractivity contribution >= 4 is 11.8 Å². The maximum atomic E-state index is 12.4. The second-order valence-corrected chi connectivity index (χ2v) is 5.84. The van der Waals surface area contributed by atoms with Crippen molar-refractivity contribution in [1.82, 2.24) is 10.2 Å². The molecule has 1 unspecified atom stereocenters. The van der Waals surface area contributed by atoms with E-state index < -0.39 is 6.04 Å². The fourth-order valence-electron chi connectivity index (χ4n) is 2.34. The summed E-state index contributed by atoms with van der Waals surface area (Å²) in [6.07, 6.45) is 0. The number of ether oxygens (including phenoxy) is 2. The second-order valence-electron chi connectivity index (χ2n) is 5.84. The molecule has 0 aliphatic carbocycles. The van der Waals surface area contributed by atoms with Gasteiger partial charge in [0, 0.05) is 12.6 Å². The van der Waals surface area contributed by atoms with Crippen LogP contribution in [0.25, 0.3) is 0 Å². The Morgan fingerprint density at radius 3 is 2.27 bits per heavy atom. The molecule has 0 aromatic heterocycles. The molecule has 26 heavy (non-hydrogen) atoms. The third-order valence-electron chi connectivity index (χ3n) is 3.89. The fourth-order valence-corrected chi connectivity index (χ4v) is 2.34. The molecule has 2 aromatic carbocycles. The van der Waals surface area contributed by atoms with Crippen LogP contribution in [0.2, 0.25) is 0 Å². The van der Waals surface area contributed by atoms with Crippen molar-refractivity contribution in [2.75, 3.05) is 27.3 Å². The summed E-state index contributed by atoms with van der Waals surface area (Å²) in [5.74, 6) is 1.02. The Labute approximate surface area is 153 Å². The summed E-state index contributed by atoms with van der Waals surface area (Å²) in [6, 6.07) is 15.4. The van der Waals surface area contributed by atoms with Crippen LogP contribution in [0.5, 0.6) is 11.5 Å². The van der Waals surface area contributed by atoms with Crippen molar-refractivity contribution in [3.63, 3.8) is 0 Å². The average Bonchev–Trinajstić information content (AvgIpc) is 2.68. The number of methoxy groups -OCH3 is 1. The van der Waals surface area contributed by atoms with Gasteiger partial charge in [-0.15, -0.1) is 0 Å². The highest BCUT2D eigenvalue weighted by Crippen LogP contribution is 2.16. The zero-order valence-corrected chi connectivity index (χ0v) is 15.3. The van der Waals surface area contributed by atoms with Crippen molar-refractivity contribution in [2.45, 2.75) is 13.0 Å². The Bertz CT molecular complexity index is 716. The van der Waals surface area contributed by atoms with Gasteiger partial charge in [-0.3, -0.25) is 9.59 Å². The molecule has 0 spiro atoms. The van der Waals surface area contributed by atoms with Gasteiger partial charge in [-0.05, 0) is 43.3 Å². The smallest absolute Gasteiger partial charge is 0.251 e. The van der Waals surface area contributed by atoms with Crippen molar-refractivity contribution in [3.8, 4) is 11.5 Å². The number of carbonyl (C=O) groups excluding carboxylic acids is 2. The van der Waals surface area contributed by atoms with E-state index >= 15 is 0 Å². The molecular formula is C20H24N2O4. The lowest BCUT2D eigenvalue weighted by atomic mass is 10.2. The number of hydrogen-bond acceptors (Lipinski definition) is 4. The van der Waals surface area contributed by atoms with E-state index in [9.17, 15) is 9.59 Å². The molecule has 0 radical (unpaired) electrons. The summed E-state index contributed by atoms with van der Waals surface area (Å²) in [6.45, 7) is 2.44. The zero-order valence-electron chi connectivity index (χ0n) is 15.3. The number of rotatable bonds is 8. The van der Waals surface area contributed by atoms with Gasteiger partial charge in [0.25, 0.3) is 5.91 Å². The number of benzene rings is 2. The molecule has 1 N–H and O–H groups in total. The van der Waals surface area contributed by atoms with Crippen molar-refractivity contribution in [3.05, 3.63) is 60.2 Å². The van der Waals surface area contributed by atoms with Crippen LogP contribution in [0.4, 0.5) is 0 Å². The Hall–Kier alpha value is -3.02. The number of carbonyl (C=O) groups is 2. The van der Waals surface area contributed by atoms with E-state index in [0.29, 0.717) is 24.5 Å². The van der Waals surface area contributed by atoms with Crippen LogP contribution in [-0.2, 0) is 4.79 Å². The highest BCUT2D eigenvalue weighted by molar-refractivity contribution is 5.97. The van der Waals surface area contributed by atoms with Gasteiger partial charge < -0.3 is 19.7 Å². The first-order valence-electron chi connectivity index (χ1n) is 8.39. The lowest BCUT2D eigenvalue weighted by molar-refractivity contribution is -0.131. The minimum Gasteiger partial charge on any atom is -0.497 e. The maximum absolute atomic E-state index is 12.4.